The van der Waals surface area contributed by atoms with E-state index >= 15 is 0 Å². The first-order valence-electron chi connectivity index (χ1n) is 8.17. The number of nitrogens with zero attached hydrogens (tertiary/aromatic N) is 2. The van der Waals surface area contributed by atoms with Gasteiger partial charge in [0.1, 0.15) is 17.3 Å². The maximum absolute atomic E-state index is 11.8. The molecule has 2 aromatic carbocycles. The molecule has 8 nitrogen and oxygen atoms in total. The average molecular weight is 434 g/mol. The van der Waals surface area contributed by atoms with Crippen LogP contribution >= 0.6 is 23.2 Å². The smallest absolute Gasteiger partial charge is 0.277 e. The minimum Gasteiger partial charge on any atom is -0.482 e. The van der Waals surface area contributed by atoms with E-state index in [9.17, 15) is 14.9 Å². The molecular weight excluding hydrogens is 421 g/mol. The topological polar surface area (TPSA) is 107 Å². The van der Waals surface area contributed by atoms with Gasteiger partial charge >= 0.3 is 0 Å². The molecule has 1 N–H and O–H groups in total. The quantitative estimate of drug-likeness (QED) is 0.330. The molecule has 10 heteroatoms. The number of nitrogens with one attached hydrogen (secondary N) is 1. The van der Waals surface area contributed by atoms with Crippen molar-refractivity contribution in [3.63, 3.8) is 0 Å². The molecule has 0 aliphatic rings. The van der Waals surface area contributed by atoms with Gasteiger partial charge in [0.2, 0.25) is 0 Å². The normalized spacial score (nSPS) is 10.8. The number of halogens is 2. The number of nitro benzene ring substituents is 1. The third-order valence-corrected chi connectivity index (χ3v) is 4.15. The molecule has 0 aliphatic heterocycles. The Balaban J connectivity index is 1.52. The number of carbonyl (C=O) groups excluding carboxylic acids is 1. The summed E-state index contributed by atoms with van der Waals surface area (Å²) in [5.41, 5.74) is 2.97. The van der Waals surface area contributed by atoms with E-state index in [-0.39, 0.29) is 12.3 Å². The maximum atomic E-state index is 11.8. The summed E-state index contributed by atoms with van der Waals surface area (Å²) in [6, 6.07) is 13.9. The number of furan rings is 1. The van der Waals surface area contributed by atoms with E-state index in [2.05, 4.69) is 10.5 Å². The standard InChI is InChI=1S/C19H13Cl2N3O5/c20-13-3-7-18(16(21)9-13)28-11-19(25)23-22-10-15-6-8-17(29-15)12-1-4-14(5-2-12)24(26)27/h1-10H,11H2,(H,23,25)/b22-10+. The Morgan fingerprint density at radius 3 is 2.62 bits per heavy atom. The predicted molar refractivity (Wildman–Crippen MR) is 108 cm³/mol. The van der Waals surface area contributed by atoms with Crippen molar-refractivity contribution < 1.29 is 18.9 Å². The second-order valence-corrected chi connectivity index (χ2v) is 6.51. The van der Waals surface area contributed by atoms with E-state index in [4.69, 9.17) is 32.4 Å². The number of non-ortho nitro benzene ring substituents is 1. The highest BCUT2D eigenvalue weighted by Gasteiger charge is 2.08. The number of hydrogen-bond acceptors (Lipinski definition) is 6. The summed E-state index contributed by atoms with van der Waals surface area (Å²) in [4.78, 5) is 22.0. The molecule has 1 aromatic heterocycles. The number of hydrazone groups is 1. The van der Waals surface area contributed by atoms with Gasteiger partial charge in [-0.25, -0.2) is 5.43 Å². The second-order valence-electron chi connectivity index (χ2n) is 5.66. The van der Waals surface area contributed by atoms with Gasteiger partial charge in [0, 0.05) is 22.7 Å². The summed E-state index contributed by atoms with van der Waals surface area (Å²) in [5, 5.41) is 15.2. The Morgan fingerprint density at radius 1 is 1.17 bits per heavy atom. The van der Waals surface area contributed by atoms with Crippen molar-refractivity contribution in [1.29, 1.82) is 0 Å². The Labute approximate surface area is 174 Å². The van der Waals surface area contributed by atoms with Crippen LogP contribution in [0, 0.1) is 10.1 Å². The van der Waals surface area contributed by atoms with Crippen LogP contribution in [0.2, 0.25) is 10.0 Å². The van der Waals surface area contributed by atoms with Crippen molar-refractivity contribution in [3.05, 3.63) is 80.5 Å². The van der Waals surface area contributed by atoms with Gasteiger partial charge in [0.15, 0.2) is 6.61 Å². The van der Waals surface area contributed by atoms with Crippen molar-refractivity contribution in [3.8, 4) is 17.1 Å². The number of amides is 1. The third-order valence-electron chi connectivity index (χ3n) is 3.62. The molecule has 148 valence electrons. The van der Waals surface area contributed by atoms with Crippen LogP contribution < -0.4 is 10.2 Å². The van der Waals surface area contributed by atoms with Crippen LogP contribution in [0.5, 0.6) is 5.75 Å². The van der Waals surface area contributed by atoms with Gasteiger partial charge in [0.25, 0.3) is 11.6 Å². The molecule has 1 amide bonds. The van der Waals surface area contributed by atoms with Crippen LogP contribution in [0.4, 0.5) is 5.69 Å². The van der Waals surface area contributed by atoms with Crippen LogP contribution in [-0.4, -0.2) is 23.7 Å². The molecule has 0 atom stereocenters. The molecule has 0 spiro atoms. The van der Waals surface area contributed by atoms with Crippen molar-refractivity contribution >= 4 is 41.0 Å². The first kappa shape index (κ1) is 20.4. The zero-order valence-electron chi connectivity index (χ0n) is 14.7. The fourth-order valence-electron chi connectivity index (χ4n) is 2.26. The lowest BCUT2D eigenvalue weighted by molar-refractivity contribution is -0.384. The molecule has 1 heterocycles. The number of rotatable bonds is 7. The fourth-order valence-corrected chi connectivity index (χ4v) is 2.72. The lowest BCUT2D eigenvalue weighted by Crippen LogP contribution is -2.24. The molecule has 3 aromatic rings. The van der Waals surface area contributed by atoms with E-state index < -0.39 is 10.8 Å². The van der Waals surface area contributed by atoms with Gasteiger partial charge in [-0.2, -0.15) is 5.10 Å². The van der Waals surface area contributed by atoms with Crippen LogP contribution in [0.25, 0.3) is 11.3 Å². The van der Waals surface area contributed by atoms with E-state index in [1.165, 1.54) is 24.4 Å². The maximum Gasteiger partial charge on any atom is 0.277 e. The summed E-state index contributed by atoms with van der Waals surface area (Å²) in [5.74, 6) is 0.733. The zero-order chi connectivity index (χ0) is 20.8. The van der Waals surface area contributed by atoms with Gasteiger partial charge in [-0.3, -0.25) is 14.9 Å². The van der Waals surface area contributed by atoms with E-state index in [0.29, 0.717) is 32.9 Å². The molecule has 3 rings (SSSR count). The SMILES string of the molecule is O=C(COc1ccc(Cl)cc1Cl)N/N=C/c1ccc(-c2ccc([N+](=O)[O-])cc2)o1. The minimum absolute atomic E-state index is 0.00749. The van der Waals surface area contributed by atoms with E-state index in [1.807, 2.05) is 0 Å². The molecule has 0 saturated heterocycles. The minimum atomic E-state index is -0.491. The number of carbonyl (C=O) groups is 1. The summed E-state index contributed by atoms with van der Waals surface area (Å²) in [6.07, 6.45) is 1.32. The van der Waals surface area contributed by atoms with Gasteiger partial charge in [-0.15, -0.1) is 0 Å². The summed E-state index contributed by atoms with van der Waals surface area (Å²) in [7, 11) is 0. The summed E-state index contributed by atoms with van der Waals surface area (Å²) in [6.45, 7) is -0.287. The van der Waals surface area contributed by atoms with Crippen molar-refractivity contribution in [2.45, 2.75) is 0 Å². The Kier molecular flexibility index (Phi) is 6.48. The predicted octanol–water partition coefficient (Wildman–Crippen LogP) is 4.69. The van der Waals surface area contributed by atoms with Crippen LogP contribution in [0.1, 0.15) is 5.76 Å². The fraction of sp³-hybridized carbons (Fsp3) is 0.0526. The first-order chi connectivity index (χ1) is 13.9. The first-order valence-corrected chi connectivity index (χ1v) is 8.92. The molecule has 0 radical (unpaired) electrons. The number of ether oxygens (including phenoxy) is 1. The van der Waals surface area contributed by atoms with E-state index in [0.717, 1.165) is 0 Å². The van der Waals surface area contributed by atoms with Crippen LogP contribution in [0.3, 0.4) is 0 Å². The Bertz CT molecular complexity index is 1060. The molecule has 0 aliphatic carbocycles. The summed E-state index contributed by atoms with van der Waals surface area (Å²) < 4.78 is 10.9. The highest BCUT2D eigenvalue weighted by Crippen LogP contribution is 2.27. The highest BCUT2D eigenvalue weighted by atomic mass is 35.5. The van der Waals surface area contributed by atoms with Crippen molar-refractivity contribution in [1.82, 2.24) is 5.43 Å². The van der Waals surface area contributed by atoms with Crippen LogP contribution in [0.15, 0.2) is 64.1 Å². The Hall–Kier alpha value is -3.36. The number of nitro groups is 1. The molecule has 0 saturated carbocycles. The largest absolute Gasteiger partial charge is 0.482 e. The van der Waals surface area contributed by atoms with E-state index in [1.54, 1.807) is 36.4 Å². The molecule has 0 bridgehead atoms. The zero-order valence-corrected chi connectivity index (χ0v) is 16.2. The summed E-state index contributed by atoms with van der Waals surface area (Å²) >= 11 is 11.8. The highest BCUT2D eigenvalue weighted by molar-refractivity contribution is 6.35. The molecule has 0 unspecified atom stereocenters. The second kappa shape index (κ2) is 9.22. The Morgan fingerprint density at radius 2 is 1.93 bits per heavy atom. The van der Waals surface area contributed by atoms with Gasteiger partial charge < -0.3 is 9.15 Å². The van der Waals surface area contributed by atoms with Gasteiger partial charge in [-0.05, 0) is 42.5 Å². The average Bonchev–Trinajstić information content (AvgIpc) is 3.16. The van der Waals surface area contributed by atoms with Gasteiger partial charge in [0.05, 0.1) is 16.2 Å². The van der Waals surface area contributed by atoms with Gasteiger partial charge in [-0.1, -0.05) is 23.2 Å². The lowest BCUT2D eigenvalue weighted by atomic mass is 10.1. The molecular formula is C19H13Cl2N3O5. The number of benzene rings is 2. The lowest BCUT2D eigenvalue weighted by Gasteiger charge is -2.06. The molecule has 29 heavy (non-hydrogen) atoms. The monoisotopic (exact) mass is 433 g/mol. The third kappa shape index (κ3) is 5.56. The number of hydrogen-bond donors (Lipinski definition) is 1. The van der Waals surface area contributed by atoms with Crippen molar-refractivity contribution in [2.75, 3.05) is 6.61 Å². The van der Waals surface area contributed by atoms with Crippen LogP contribution in [-0.2, 0) is 4.79 Å². The molecule has 0 fully saturated rings. The van der Waals surface area contributed by atoms with Crippen molar-refractivity contribution in [2.24, 2.45) is 5.10 Å².